The van der Waals surface area contributed by atoms with E-state index in [2.05, 4.69) is 15.0 Å². The smallest absolute Gasteiger partial charge is 0.351 e. The van der Waals surface area contributed by atoms with Crippen LogP contribution in [0.2, 0.25) is 0 Å². The molecule has 0 radical (unpaired) electrons. The molecule has 0 aliphatic carbocycles. The van der Waals surface area contributed by atoms with Gasteiger partial charge in [0, 0.05) is 0 Å². The summed E-state index contributed by atoms with van der Waals surface area (Å²) in [5.41, 5.74) is 1.40. The third-order valence-corrected chi connectivity index (χ3v) is 3.00. The summed E-state index contributed by atoms with van der Waals surface area (Å²) in [6.07, 6.45) is 1.97. The van der Waals surface area contributed by atoms with Crippen molar-refractivity contribution in [1.29, 1.82) is 0 Å². The number of fused-ring (bicyclic) bond motifs is 1. The van der Waals surface area contributed by atoms with E-state index in [1.807, 2.05) is 18.2 Å². The molecule has 0 atom stereocenters. The molecule has 6 heteroatoms. The number of methoxy groups -OCH3 is 1. The Labute approximate surface area is 109 Å². The molecule has 3 rings (SSSR count). The van der Waals surface area contributed by atoms with Gasteiger partial charge in [-0.15, -0.1) is 4.98 Å². The zero-order valence-corrected chi connectivity index (χ0v) is 10.5. The lowest BCUT2D eigenvalue weighted by atomic mass is 10.0. The molecular formula is C13H13N3O3. The number of rotatable bonds is 2. The van der Waals surface area contributed by atoms with Crippen LogP contribution in [0.15, 0.2) is 23.0 Å². The Hall–Kier alpha value is -2.37. The van der Waals surface area contributed by atoms with Crippen molar-refractivity contribution in [3.05, 3.63) is 34.2 Å². The van der Waals surface area contributed by atoms with Crippen molar-refractivity contribution in [2.24, 2.45) is 0 Å². The number of aryl methyl sites for hydroxylation is 1. The van der Waals surface area contributed by atoms with Gasteiger partial charge in [-0.25, -0.2) is 4.79 Å². The summed E-state index contributed by atoms with van der Waals surface area (Å²) in [7, 11) is 1.43. The SMILES string of the molecule is COc1nc(-c2cccc3c2OCCC3)[nH]c(=O)n1. The first-order valence-electron chi connectivity index (χ1n) is 6.05. The molecule has 1 aliphatic heterocycles. The molecule has 1 aromatic carbocycles. The predicted octanol–water partition coefficient (Wildman–Crippen LogP) is 1.17. The lowest BCUT2D eigenvalue weighted by Crippen LogP contribution is -2.15. The molecule has 0 saturated carbocycles. The predicted molar refractivity (Wildman–Crippen MR) is 68.5 cm³/mol. The number of hydrogen-bond acceptors (Lipinski definition) is 5. The summed E-state index contributed by atoms with van der Waals surface area (Å²) in [5, 5.41) is 0. The fourth-order valence-corrected chi connectivity index (χ4v) is 2.16. The molecule has 19 heavy (non-hydrogen) atoms. The van der Waals surface area contributed by atoms with Crippen LogP contribution < -0.4 is 15.2 Å². The number of nitrogens with zero attached hydrogens (tertiary/aromatic N) is 2. The zero-order chi connectivity index (χ0) is 13.2. The standard InChI is InChI=1S/C13H13N3O3/c1-18-13-15-11(14-12(17)16-13)9-6-2-4-8-5-3-7-19-10(8)9/h2,4,6H,3,5,7H2,1H3,(H,14,15,16,17). The molecule has 2 aromatic rings. The number of H-pyrrole nitrogens is 1. The van der Waals surface area contributed by atoms with Gasteiger partial charge in [-0.2, -0.15) is 4.98 Å². The lowest BCUT2D eigenvalue weighted by molar-refractivity contribution is 0.289. The molecule has 6 nitrogen and oxygen atoms in total. The largest absolute Gasteiger partial charge is 0.493 e. The van der Waals surface area contributed by atoms with E-state index in [1.165, 1.54) is 7.11 Å². The highest BCUT2D eigenvalue weighted by Crippen LogP contribution is 2.34. The second-order valence-corrected chi connectivity index (χ2v) is 4.23. The summed E-state index contributed by atoms with van der Waals surface area (Å²) in [5.74, 6) is 1.20. The van der Waals surface area contributed by atoms with Gasteiger partial charge in [-0.3, -0.25) is 4.98 Å². The second kappa shape index (κ2) is 4.72. The van der Waals surface area contributed by atoms with E-state index in [0.717, 1.165) is 29.7 Å². The highest BCUT2D eigenvalue weighted by molar-refractivity contribution is 5.66. The molecule has 98 valence electrons. The van der Waals surface area contributed by atoms with Crippen molar-refractivity contribution in [1.82, 2.24) is 15.0 Å². The van der Waals surface area contributed by atoms with E-state index in [9.17, 15) is 4.79 Å². The number of aromatic nitrogens is 3. The molecule has 0 bridgehead atoms. The maximum Gasteiger partial charge on any atom is 0.351 e. The topological polar surface area (TPSA) is 77.1 Å². The number of aromatic amines is 1. The van der Waals surface area contributed by atoms with Crippen LogP contribution in [-0.2, 0) is 6.42 Å². The first-order chi connectivity index (χ1) is 9.28. The van der Waals surface area contributed by atoms with Gasteiger partial charge >= 0.3 is 11.7 Å². The first kappa shape index (κ1) is 11.7. The summed E-state index contributed by atoms with van der Waals surface area (Å²) >= 11 is 0. The Balaban J connectivity index is 2.17. The van der Waals surface area contributed by atoms with Crippen molar-refractivity contribution in [2.75, 3.05) is 13.7 Å². The number of nitrogens with one attached hydrogen (secondary N) is 1. The lowest BCUT2D eigenvalue weighted by Gasteiger charge is -2.19. The summed E-state index contributed by atoms with van der Waals surface area (Å²) < 4.78 is 10.6. The highest BCUT2D eigenvalue weighted by atomic mass is 16.5. The minimum absolute atomic E-state index is 0.0483. The van der Waals surface area contributed by atoms with Crippen LogP contribution in [0.4, 0.5) is 0 Å². The number of ether oxygens (including phenoxy) is 2. The molecular weight excluding hydrogens is 246 g/mol. The van der Waals surface area contributed by atoms with Gasteiger partial charge < -0.3 is 9.47 Å². The molecule has 2 heterocycles. The minimum atomic E-state index is -0.490. The van der Waals surface area contributed by atoms with Gasteiger partial charge in [0.2, 0.25) is 0 Å². The fourth-order valence-electron chi connectivity index (χ4n) is 2.16. The zero-order valence-electron chi connectivity index (χ0n) is 10.5. The molecule has 0 amide bonds. The van der Waals surface area contributed by atoms with Gasteiger partial charge in [0.25, 0.3) is 0 Å². The fraction of sp³-hybridized carbons (Fsp3) is 0.308. The van der Waals surface area contributed by atoms with Crippen molar-refractivity contribution in [3.8, 4) is 23.1 Å². The molecule has 1 aliphatic rings. The number of benzene rings is 1. The van der Waals surface area contributed by atoms with Crippen LogP contribution >= 0.6 is 0 Å². The first-order valence-corrected chi connectivity index (χ1v) is 6.05. The second-order valence-electron chi connectivity index (χ2n) is 4.23. The summed E-state index contributed by atoms with van der Waals surface area (Å²) in [6, 6.07) is 5.86. The Kier molecular flexibility index (Phi) is 2.91. The molecule has 0 unspecified atom stereocenters. The van der Waals surface area contributed by atoms with Crippen LogP contribution in [0.1, 0.15) is 12.0 Å². The molecule has 0 fully saturated rings. The van der Waals surface area contributed by atoms with E-state index in [0.29, 0.717) is 12.4 Å². The van der Waals surface area contributed by atoms with Gasteiger partial charge in [-0.05, 0) is 24.5 Å². The molecule has 0 saturated heterocycles. The Morgan fingerprint density at radius 2 is 2.26 bits per heavy atom. The van der Waals surface area contributed by atoms with E-state index in [1.54, 1.807) is 0 Å². The van der Waals surface area contributed by atoms with Crippen LogP contribution in [0.5, 0.6) is 11.8 Å². The van der Waals surface area contributed by atoms with Gasteiger partial charge in [0.1, 0.15) is 5.75 Å². The summed E-state index contributed by atoms with van der Waals surface area (Å²) in [6.45, 7) is 0.677. The molecule has 0 spiro atoms. The maximum atomic E-state index is 11.5. The third kappa shape index (κ3) is 2.16. The van der Waals surface area contributed by atoms with Crippen LogP contribution in [0, 0.1) is 0 Å². The Bertz CT molecular complexity index is 666. The average Bonchev–Trinajstić information content (AvgIpc) is 2.46. The van der Waals surface area contributed by atoms with Crippen LogP contribution in [0.3, 0.4) is 0 Å². The van der Waals surface area contributed by atoms with Gasteiger partial charge in [0.15, 0.2) is 5.82 Å². The van der Waals surface area contributed by atoms with Crippen LogP contribution in [-0.4, -0.2) is 28.7 Å². The van der Waals surface area contributed by atoms with E-state index >= 15 is 0 Å². The van der Waals surface area contributed by atoms with Crippen molar-refractivity contribution in [2.45, 2.75) is 12.8 Å². The minimum Gasteiger partial charge on any atom is -0.493 e. The van der Waals surface area contributed by atoms with Crippen molar-refractivity contribution < 1.29 is 9.47 Å². The summed E-state index contributed by atoms with van der Waals surface area (Å²) in [4.78, 5) is 21.9. The number of hydrogen-bond donors (Lipinski definition) is 1. The highest BCUT2D eigenvalue weighted by Gasteiger charge is 2.17. The van der Waals surface area contributed by atoms with Crippen LogP contribution in [0.25, 0.3) is 11.4 Å². The normalized spacial score (nSPS) is 13.5. The monoisotopic (exact) mass is 259 g/mol. The number of para-hydroxylation sites is 1. The van der Waals surface area contributed by atoms with Crippen molar-refractivity contribution in [3.63, 3.8) is 0 Å². The molecule has 1 N–H and O–H groups in total. The Morgan fingerprint density at radius 1 is 1.37 bits per heavy atom. The quantitative estimate of drug-likeness (QED) is 0.875. The Morgan fingerprint density at radius 3 is 3.11 bits per heavy atom. The third-order valence-electron chi connectivity index (χ3n) is 3.00. The van der Waals surface area contributed by atoms with Gasteiger partial charge in [0.05, 0.1) is 19.3 Å². The van der Waals surface area contributed by atoms with Gasteiger partial charge in [-0.1, -0.05) is 12.1 Å². The van der Waals surface area contributed by atoms with E-state index in [-0.39, 0.29) is 6.01 Å². The van der Waals surface area contributed by atoms with E-state index in [4.69, 9.17) is 9.47 Å². The average molecular weight is 259 g/mol. The molecule has 1 aromatic heterocycles. The maximum absolute atomic E-state index is 11.5. The van der Waals surface area contributed by atoms with E-state index < -0.39 is 5.69 Å². The van der Waals surface area contributed by atoms with Crippen molar-refractivity contribution >= 4 is 0 Å².